The molecule has 11 heteroatoms. The van der Waals surface area contributed by atoms with Gasteiger partial charge in [0.05, 0.1) is 23.4 Å². The van der Waals surface area contributed by atoms with Gasteiger partial charge in [0.25, 0.3) is 0 Å². The molecule has 1 aromatic heterocycles. The highest BCUT2D eigenvalue weighted by Crippen LogP contribution is 2.26. The zero-order valence-electron chi connectivity index (χ0n) is 25.8. The molecule has 0 saturated carbocycles. The van der Waals surface area contributed by atoms with Crippen molar-refractivity contribution in [3.8, 4) is 0 Å². The molecule has 5 unspecified atom stereocenters. The Morgan fingerprint density at radius 3 is 2.49 bits per heavy atom. The van der Waals surface area contributed by atoms with E-state index < -0.39 is 30.1 Å². The van der Waals surface area contributed by atoms with Crippen LogP contribution < -0.4 is 16.0 Å². The fraction of sp³-hybridized carbons (Fsp3) is 0.441. The van der Waals surface area contributed by atoms with Gasteiger partial charge in [0.2, 0.25) is 23.6 Å². The monoisotopic (exact) mass is 614 g/mol. The molecular weight excluding hydrogens is 572 g/mol. The van der Waals surface area contributed by atoms with Gasteiger partial charge in [0.1, 0.15) is 12.1 Å². The standard InChI is InChI=1S/C34H42N6O5/c1-3-31(42)36-24-15-16-39(2)29(18-24)34(45)40-21-26(38-33(44)30(41)14-13-22-9-5-4-6-10-22)19-28(40)32(43)37-25-17-23-11-7-8-12-27(23)35-20-25/h4-12,17,20,24,26,28-30,41H,3,13-16,18-19,21H2,1-2H3,(H,36,42)(H,37,43)(H,38,44). The fourth-order valence-corrected chi connectivity index (χ4v) is 6.20. The molecule has 0 aliphatic carbocycles. The molecular formula is C34H42N6O5. The molecule has 45 heavy (non-hydrogen) atoms. The average molecular weight is 615 g/mol. The minimum absolute atomic E-state index is 0.0632. The first-order valence-electron chi connectivity index (χ1n) is 15.7. The Balaban J connectivity index is 1.30. The normalized spacial score (nSPS) is 22.5. The summed E-state index contributed by atoms with van der Waals surface area (Å²) in [7, 11) is 1.87. The maximum absolute atomic E-state index is 14.1. The SMILES string of the molecule is CCC(=O)NC1CCN(C)C(C(=O)N2CC(NC(=O)C(O)CCc3ccccc3)CC2C(=O)Nc2cnc3ccccc3c2)C1. The third kappa shape index (κ3) is 8.03. The lowest BCUT2D eigenvalue weighted by Crippen LogP contribution is -2.57. The molecule has 4 amide bonds. The van der Waals surface area contributed by atoms with E-state index in [1.165, 1.54) is 4.90 Å². The molecule has 2 aromatic carbocycles. The van der Waals surface area contributed by atoms with Gasteiger partial charge in [-0.15, -0.1) is 0 Å². The van der Waals surface area contributed by atoms with Gasteiger partial charge in [-0.3, -0.25) is 29.1 Å². The number of aryl methyl sites for hydroxylation is 1. The van der Waals surface area contributed by atoms with Crippen LogP contribution in [0.3, 0.4) is 0 Å². The molecule has 2 fully saturated rings. The molecule has 3 aromatic rings. The summed E-state index contributed by atoms with van der Waals surface area (Å²) in [6.45, 7) is 2.53. The number of aliphatic hydroxyl groups is 1. The number of carbonyl (C=O) groups is 4. The smallest absolute Gasteiger partial charge is 0.249 e. The largest absolute Gasteiger partial charge is 0.383 e. The van der Waals surface area contributed by atoms with E-state index >= 15 is 0 Å². The average Bonchev–Trinajstić information content (AvgIpc) is 3.48. The van der Waals surface area contributed by atoms with Crippen molar-refractivity contribution in [2.45, 2.75) is 75.7 Å². The molecule has 3 heterocycles. The molecule has 5 rings (SSSR count). The highest BCUT2D eigenvalue weighted by molar-refractivity contribution is 5.99. The van der Waals surface area contributed by atoms with Crippen molar-refractivity contribution in [3.63, 3.8) is 0 Å². The van der Waals surface area contributed by atoms with Crippen LogP contribution >= 0.6 is 0 Å². The third-order valence-corrected chi connectivity index (χ3v) is 8.78. The maximum Gasteiger partial charge on any atom is 0.249 e. The molecule has 0 spiro atoms. The minimum Gasteiger partial charge on any atom is -0.383 e. The summed E-state index contributed by atoms with van der Waals surface area (Å²) in [5, 5.41) is 20.3. The van der Waals surface area contributed by atoms with E-state index in [0.717, 1.165) is 22.9 Å². The molecule has 11 nitrogen and oxygen atoms in total. The second-order valence-corrected chi connectivity index (χ2v) is 12.0. The number of carbonyl (C=O) groups excluding carboxylic acids is 4. The predicted octanol–water partition coefficient (Wildman–Crippen LogP) is 2.24. The van der Waals surface area contributed by atoms with Crippen molar-refractivity contribution in [2.75, 3.05) is 25.5 Å². The molecule has 2 aliphatic rings. The van der Waals surface area contributed by atoms with Gasteiger partial charge in [-0.1, -0.05) is 55.5 Å². The van der Waals surface area contributed by atoms with Crippen molar-refractivity contribution >= 4 is 40.2 Å². The maximum atomic E-state index is 14.1. The van der Waals surface area contributed by atoms with Crippen molar-refractivity contribution in [1.29, 1.82) is 0 Å². The number of likely N-dealkylation sites (N-methyl/N-ethyl adjacent to an activating group) is 1. The van der Waals surface area contributed by atoms with E-state index in [9.17, 15) is 24.3 Å². The summed E-state index contributed by atoms with van der Waals surface area (Å²) in [6, 6.07) is 17.0. The molecule has 2 aliphatic heterocycles. The van der Waals surface area contributed by atoms with Crippen molar-refractivity contribution in [3.05, 3.63) is 72.4 Å². The first-order chi connectivity index (χ1) is 21.7. The second-order valence-electron chi connectivity index (χ2n) is 12.0. The van der Waals surface area contributed by atoms with E-state index in [1.807, 2.05) is 72.6 Å². The van der Waals surface area contributed by atoms with E-state index in [-0.39, 0.29) is 43.1 Å². The zero-order valence-corrected chi connectivity index (χ0v) is 25.8. The highest BCUT2D eigenvalue weighted by Gasteiger charge is 2.44. The zero-order chi connectivity index (χ0) is 31.9. The second kappa shape index (κ2) is 14.6. The lowest BCUT2D eigenvalue weighted by atomic mass is 9.96. The number of aliphatic hydroxyl groups excluding tert-OH is 1. The van der Waals surface area contributed by atoms with Crippen LogP contribution in [0.2, 0.25) is 0 Å². The van der Waals surface area contributed by atoms with Crippen LogP contribution in [0.4, 0.5) is 5.69 Å². The predicted molar refractivity (Wildman–Crippen MR) is 171 cm³/mol. The van der Waals surface area contributed by atoms with Gasteiger partial charge in [-0.05, 0) is 56.8 Å². The number of aromatic nitrogens is 1. The van der Waals surface area contributed by atoms with E-state index in [4.69, 9.17) is 0 Å². The van der Waals surface area contributed by atoms with Crippen molar-refractivity contribution in [2.24, 2.45) is 0 Å². The summed E-state index contributed by atoms with van der Waals surface area (Å²) < 4.78 is 0. The van der Waals surface area contributed by atoms with Gasteiger partial charge in [0.15, 0.2) is 0 Å². The Morgan fingerprint density at radius 1 is 0.978 bits per heavy atom. The molecule has 238 valence electrons. The minimum atomic E-state index is -1.22. The molecule has 5 atom stereocenters. The summed E-state index contributed by atoms with van der Waals surface area (Å²) >= 11 is 0. The van der Waals surface area contributed by atoms with Gasteiger partial charge in [-0.2, -0.15) is 0 Å². The Hall–Kier alpha value is -4.35. The molecule has 2 saturated heterocycles. The van der Waals surface area contributed by atoms with E-state index in [1.54, 1.807) is 13.1 Å². The number of piperidine rings is 1. The Bertz CT molecular complexity index is 1520. The number of para-hydroxylation sites is 1. The van der Waals surface area contributed by atoms with Crippen LogP contribution in [0.15, 0.2) is 66.9 Å². The number of nitrogens with one attached hydrogen (secondary N) is 3. The van der Waals surface area contributed by atoms with E-state index in [2.05, 4.69) is 20.9 Å². The number of anilines is 1. The lowest BCUT2D eigenvalue weighted by molar-refractivity contribution is -0.142. The van der Waals surface area contributed by atoms with Crippen LogP contribution in [-0.2, 0) is 25.6 Å². The summed E-state index contributed by atoms with van der Waals surface area (Å²) in [6.07, 6.45) is 2.86. The summed E-state index contributed by atoms with van der Waals surface area (Å²) in [5.41, 5.74) is 2.32. The molecule has 0 bridgehead atoms. The van der Waals surface area contributed by atoms with Crippen LogP contribution in [0, 0.1) is 0 Å². The van der Waals surface area contributed by atoms with Crippen LogP contribution in [0.1, 0.15) is 44.6 Å². The number of hydrogen-bond acceptors (Lipinski definition) is 7. The summed E-state index contributed by atoms with van der Waals surface area (Å²) in [4.78, 5) is 60.8. The van der Waals surface area contributed by atoms with Crippen molar-refractivity contribution in [1.82, 2.24) is 25.4 Å². The van der Waals surface area contributed by atoms with Gasteiger partial charge in [-0.25, -0.2) is 0 Å². The summed E-state index contributed by atoms with van der Waals surface area (Å²) in [5.74, 6) is -1.20. The number of fused-ring (bicyclic) bond motifs is 1. The Morgan fingerprint density at radius 2 is 1.71 bits per heavy atom. The number of rotatable bonds is 10. The quantitative estimate of drug-likeness (QED) is 0.274. The highest BCUT2D eigenvalue weighted by atomic mass is 16.3. The molecule has 4 N–H and O–H groups in total. The van der Waals surface area contributed by atoms with Gasteiger partial charge >= 0.3 is 0 Å². The molecule has 0 radical (unpaired) electrons. The first-order valence-corrected chi connectivity index (χ1v) is 15.7. The van der Waals surface area contributed by atoms with Gasteiger partial charge < -0.3 is 26.0 Å². The Kier molecular flexibility index (Phi) is 10.4. The lowest BCUT2D eigenvalue weighted by Gasteiger charge is -2.39. The fourth-order valence-electron chi connectivity index (χ4n) is 6.20. The first kappa shape index (κ1) is 32.1. The Labute approximate surface area is 263 Å². The van der Waals surface area contributed by atoms with Crippen LogP contribution in [-0.4, -0.2) is 93.9 Å². The number of benzene rings is 2. The van der Waals surface area contributed by atoms with Crippen LogP contribution in [0.25, 0.3) is 10.9 Å². The number of hydrogen-bond donors (Lipinski definition) is 4. The number of likely N-dealkylation sites (tertiary alicyclic amines) is 2. The van der Waals surface area contributed by atoms with Crippen LogP contribution in [0.5, 0.6) is 0 Å². The third-order valence-electron chi connectivity index (χ3n) is 8.78. The van der Waals surface area contributed by atoms with Gasteiger partial charge in [0, 0.05) is 37.0 Å². The van der Waals surface area contributed by atoms with Crippen molar-refractivity contribution < 1.29 is 24.3 Å². The topological polar surface area (TPSA) is 144 Å². The van der Waals surface area contributed by atoms with E-state index in [0.29, 0.717) is 31.5 Å². The number of amides is 4. The number of nitrogens with zero attached hydrogens (tertiary/aromatic N) is 3. The number of pyridine rings is 1.